The summed E-state index contributed by atoms with van der Waals surface area (Å²) >= 11 is 1.48. The quantitative estimate of drug-likeness (QED) is 0.503. The van der Waals surface area contributed by atoms with Gasteiger partial charge in [-0.05, 0) is 42.7 Å². The number of rotatable bonds is 2. The summed E-state index contributed by atoms with van der Waals surface area (Å²) in [5, 5.41) is 10.4. The van der Waals surface area contributed by atoms with Gasteiger partial charge < -0.3 is 15.4 Å². The minimum Gasteiger partial charge on any atom is -0.502 e. The van der Waals surface area contributed by atoms with E-state index in [4.69, 9.17) is 0 Å². The largest absolute Gasteiger partial charge is 0.502 e. The second-order valence-corrected chi connectivity index (χ2v) is 9.38. The number of carbonyl (C=O) groups excluding carboxylic acids is 1. The van der Waals surface area contributed by atoms with E-state index in [9.17, 15) is 32.3 Å². The minimum absolute atomic E-state index is 0.149. The number of thioether (sulfide) groups is 1. The number of nitrogens with zero attached hydrogens (tertiary/aromatic N) is 2. The zero-order valence-electron chi connectivity index (χ0n) is 18.3. The molecule has 3 heterocycles. The Kier molecular flexibility index (Phi) is 5.54. The number of hydrogen-bond donors (Lipinski definition) is 2. The number of aromatic hydroxyl groups is 1. The highest BCUT2D eigenvalue weighted by Crippen LogP contribution is 2.40. The van der Waals surface area contributed by atoms with Gasteiger partial charge in [0.25, 0.3) is 5.91 Å². The van der Waals surface area contributed by atoms with Gasteiger partial charge in [0.15, 0.2) is 11.4 Å². The molecule has 0 spiro atoms. The topological polar surface area (TPSA) is 74.6 Å². The van der Waals surface area contributed by atoms with Crippen molar-refractivity contribution in [2.24, 2.45) is 0 Å². The number of pyridine rings is 1. The predicted molar refractivity (Wildman–Crippen MR) is 122 cm³/mol. The molecular formula is C24H19F4N3O3S. The smallest absolute Gasteiger partial charge is 0.408 e. The Labute approximate surface area is 201 Å². The van der Waals surface area contributed by atoms with Crippen molar-refractivity contribution in [2.45, 2.75) is 36.2 Å². The van der Waals surface area contributed by atoms with Gasteiger partial charge >= 0.3 is 6.18 Å². The zero-order valence-corrected chi connectivity index (χ0v) is 19.1. The first-order chi connectivity index (χ1) is 16.6. The number of halogens is 4. The molecule has 0 bridgehead atoms. The van der Waals surface area contributed by atoms with E-state index < -0.39 is 47.5 Å². The van der Waals surface area contributed by atoms with E-state index in [0.29, 0.717) is 33.8 Å². The van der Waals surface area contributed by atoms with Crippen LogP contribution in [-0.4, -0.2) is 39.5 Å². The number of hydrogen-bond acceptors (Lipinski definition) is 5. The molecular weight excluding hydrogens is 486 g/mol. The lowest BCUT2D eigenvalue weighted by atomic mass is 9.92. The normalized spacial score (nSPS) is 16.0. The molecule has 2 aromatic carbocycles. The maximum absolute atomic E-state index is 14.9. The molecule has 1 atom stereocenters. The van der Waals surface area contributed by atoms with E-state index in [1.165, 1.54) is 23.9 Å². The highest BCUT2D eigenvalue weighted by atomic mass is 32.2. The monoisotopic (exact) mass is 505 g/mol. The molecule has 3 aromatic rings. The Morgan fingerprint density at radius 1 is 1.11 bits per heavy atom. The van der Waals surface area contributed by atoms with Crippen molar-refractivity contribution < 1.29 is 27.5 Å². The first-order valence-corrected chi connectivity index (χ1v) is 11.7. The van der Waals surface area contributed by atoms with Gasteiger partial charge in [-0.1, -0.05) is 18.2 Å². The summed E-state index contributed by atoms with van der Waals surface area (Å²) in [6, 6.07) is 9.30. The molecule has 0 radical (unpaired) electrons. The molecule has 0 saturated heterocycles. The molecule has 2 aliphatic heterocycles. The number of benzene rings is 2. The highest BCUT2D eigenvalue weighted by Gasteiger charge is 2.45. The number of nitrogens with one attached hydrogen (secondary N) is 1. The van der Waals surface area contributed by atoms with Crippen LogP contribution in [0.4, 0.5) is 17.6 Å². The second-order valence-electron chi connectivity index (χ2n) is 8.36. The van der Waals surface area contributed by atoms with E-state index in [0.717, 1.165) is 28.1 Å². The Bertz CT molecular complexity index is 1420. The minimum atomic E-state index is -4.70. The van der Waals surface area contributed by atoms with Crippen molar-refractivity contribution in [2.75, 3.05) is 12.1 Å². The lowest BCUT2D eigenvalue weighted by Crippen LogP contribution is -2.54. The third-order valence-electron chi connectivity index (χ3n) is 6.36. The number of alkyl halides is 3. The molecule has 0 fully saturated rings. The fraction of sp³-hybridized carbons (Fsp3) is 0.250. The van der Waals surface area contributed by atoms with Crippen molar-refractivity contribution in [3.63, 3.8) is 0 Å². The summed E-state index contributed by atoms with van der Waals surface area (Å²) in [6.45, 7) is 0.313. The summed E-state index contributed by atoms with van der Waals surface area (Å²) < 4.78 is 55.9. The predicted octanol–water partition coefficient (Wildman–Crippen LogP) is 4.46. The average molecular weight is 505 g/mol. The molecule has 182 valence electrons. The highest BCUT2D eigenvalue weighted by molar-refractivity contribution is 7.98. The van der Waals surface area contributed by atoms with Crippen LogP contribution in [0.1, 0.15) is 34.1 Å². The second kappa shape index (κ2) is 8.33. The maximum Gasteiger partial charge on any atom is 0.408 e. The van der Waals surface area contributed by atoms with Crippen molar-refractivity contribution in [1.29, 1.82) is 0 Å². The average Bonchev–Trinajstić information content (AvgIpc) is 3.01. The number of carbonyl (C=O) groups is 1. The van der Waals surface area contributed by atoms with E-state index in [2.05, 4.69) is 5.43 Å². The molecule has 5 rings (SSSR count). The standard InChI is InChI=1S/C24H19F4N3O3S/c1-12(24(26,27)28)30-11-29-31-18(9-19(32)22(33)21(31)23(30)34)14-6-7-17(25)16-10-35-20-5-3-2-4-13(20)8-15(14)16/h2-7,9,12,29,33H,8,10-11H2,1H3/t12-/m1/s1. The van der Waals surface area contributed by atoms with E-state index >= 15 is 0 Å². The third kappa shape index (κ3) is 3.83. The van der Waals surface area contributed by atoms with Gasteiger partial charge in [0, 0.05) is 27.8 Å². The first-order valence-electron chi connectivity index (χ1n) is 10.7. The van der Waals surface area contributed by atoms with Crippen LogP contribution in [0.2, 0.25) is 0 Å². The van der Waals surface area contributed by atoms with Crippen LogP contribution in [0.25, 0.3) is 11.3 Å². The number of aromatic nitrogens is 1. The SMILES string of the molecule is C[C@@H](N1CNn2c(-c3ccc(F)c4c3Cc3ccccc3SC4)cc(=O)c(O)c2C1=O)C(F)(F)F. The van der Waals surface area contributed by atoms with Crippen LogP contribution in [0, 0.1) is 5.82 Å². The van der Waals surface area contributed by atoms with Crippen molar-refractivity contribution in [3.05, 3.63) is 80.9 Å². The van der Waals surface area contributed by atoms with Crippen molar-refractivity contribution in [1.82, 2.24) is 9.58 Å². The summed E-state index contributed by atoms with van der Waals surface area (Å²) in [7, 11) is 0. The van der Waals surface area contributed by atoms with Crippen LogP contribution in [0.15, 0.2) is 52.2 Å². The molecule has 0 unspecified atom stereocenters. The molecule has 11 heteroatoms. The van der Waals surface area contributed by atoms with Gasteiger partial charge in [-0.2, -0.15) is 13.2 Å². The van der Waals surface area contributed by atoms with Crippen LogP contribution in [-0.2, 0) is 12.2 Å². The molecule has 1 aromatic heterocycles. The van der Waals surface area contributed by atoms with Gasteiger partial charge in [-0.3, -0.25) is 9.59 Å². The maximum atomic E-state index is 14.9. The molecule has 0 saturated carbocycles. The number of fused-ring (bicyclic) bond motifs is 3. The number of amides is 1. The van der Waals surface area contributed by atoms with Crippen LogP contribution >= 0.6 is 11.8 Å². The summed E-state index contributed by atoms with van der Waals surface area (Å²) in [5.74, 6) is -2.18. The van der Waals surface area contributed by atoms with Crippen molar-refractivity contribution in [3.8, 4) is 17.0 Å². The Morgan fingerprint density at radius 3 is 2.60 bits per heavy atom. The van der Waals surface area contributed by atoms with E-state index in [1.54, 1.807) is 0 Å². The van der Waals surface area contributed by atoms with Crippen LogP contribution in [0.5, 0.6) is 5.75 Å². The van der Waals surface area contributed by atoms with Gasteiger partial charge in [-0.15, -0.1) is 11.8 Å². The van der Waals surface area contributed by atoms with E-state index in [-0.39, 0.29) is 5.69 Å². The molecule has 2 N–H and O–H groups in total. The van der Waals surface area contributed by atoms with Gasteiger partial charge in [0.1, 0.15) is 18.5 Å². The molecule has 35 heavy (non-hydrogen) atoms. The lowest BCUT2D eigenvalue weighted by molar-refractivity contribution is -0.172. The van der Waals surface area contributed by atoms with Gasteiger partial charge in [0.2, 0.25) is 5.43 Å². The summed E-state index contributed by atoms with van der Waals surface area (Å²) in [5.41, 5.74) is 3.77. The molecule has 0 aliphatic carbocycles. The molecule has 1 amide bonds. The Balaban J connectivity index is 1.69. The van der Waals surface area contributed by atoms with Gasteiger partial charge in [-0.25, -0.2) is 9.07 Å². The van der Waals surface area contributed by atoms with Crippen LogP contribution in [0.3, 0.4) is 0 Å². The van der Waals surface area contributed by atoms with Crippen molar-refractivity contribution >= 4 is 17.7 Å². The Morgan fingerprint density at radius 2 is 1.86 bits per heavy atom. The summed E-state index contributed by atoms with van der Waals surface area (Å²) in [4.78, 5) is 27.2. The van der Waals surface area contributed by atoms with E-state index in [1.807, 2.05) is 24.3 Å². The summed E-state index contributed by atoms with van der Waals surface area (Å²) in [6.07, 6.45) is -4.35. The first kappa shape index (κ1) is 23.3. The fourth-order valence-corrected chi connectivity index (χ4v) is 5.51. The van der Waals surface area contributed by atoms with Gasteiger partial charge in [0.05, 0.1) is 5.69 Å². The Hall–Kier alpha value is -3.47. The zero-order chi connectivity index (χ0) is 25.1. The fourth-order valence-electron chi connectivity index (χ4n) is 4.40. The third-order valence-corrected chi connectivity index (χ3v) is 7.50. The lowest BCUT2D eigenvalue weighted by Gasteiger charge is -2.37. The molecule has 6 nitrogen and oxygen atoms in total. The molecule has 2 aliphatic rings. The van der Waals surface area contributed by atoms with Crippen LogP contribution < -0.4 is 10.9 Å².